The van der Waals surface area contributed by atoms with Gasteiger partial charge in [0.25, 0.3) is 0 Å². The van der Waals surface area contributed by atoms with Crippen LogP contribution in [0.1, 0.15) is 32.6 Å². The molecule has 1 aliphatic rings. The minimum Gasteiger partial charge on any atom is -0.382 e. The van der Waals surface area contributed by atoms with Crippen LogP contribution in [0.4, 0.5) is 11.4 Å². The van der Waals surface area contributed by atoms with Crippen molar-refractivity contribution in [2.45, 2.75) is 38.6 Å². The molecule has 0 heterocycles. The van der Waals surface area contributed by atoms with E-state index in [0.717, 1.165) is 17.8 Å². The Morgan fingerprint density at radius 1 is 1.25 bits per heavy atom. The maximum absolute atomic E-state index is 11.4. The molecule has 0 radical (unpaired) electrons. The van der Waals surface area contributed by atoms with E-state index in [0.29, 0.717) is 12.5 Å². The van der Waals surface area contributed by atoms with E-state index >= 15 is 0 Å². The Balaban J connectivity index is 1.87. The molecule has 3 nitrogen and oxygen atoms in total. The zero-order chi connectivity index (χ0) is 11.4. The molecule has 1 aliphatic carbocycles. The maximum Gasteiger partial charge on any atom is 0.224 e. The van der Waals surface area contributed by atoms with Crippen LogP contribution in [0.25, 0.3) is 0 Å². The van der Waals surface area contributed by atoms with Gasteiger partial charge in [-0.25, -0.2) is 0 Å². The quantitative estimate of drug-likeness (QED) is 0.797. The summed E-state index contributed by atoms with van der Waals surface area (Å²) < 4.78 is 0. The van der Waals surface area contributed by atoms with Crippen LogP contribution < -0.4 is 10.6 Å². The van der Waals surface area contributed by atoms with Crippen molar-refractivity contribution in [3.05, 3.63) is 24.3 Å². The molecule has 1 aromatic rings. The van der Waals surface area contributed by atoms with Crippen molar-refractivity contribution < 1.29 is 4.79 Å². The Morgan fingerprint density at radius 2 is 1.88 bits per heavy atom. The molecule has 0 saturated heterocycles. The third kappa shape index (κ3) is 3.26. The van der Waals surface area contributed by atoms with E-state index in [-0.39, 0.29) is 5.91 Å². The van der Waals surface area contributed by atoms with Crippen LogP contribution in [-0.2, 0) is 4.79 Å². The number of carbonyl (C=O) groups excluding carboxylic acids is 1. The molecule has 0 aromatic heterocycles. The number of hydrogen-bond donors (Lipinski definition) is 2. The smallest absolute Gasteiger partial charge is 0.224 e. The lowest BCUT2D eigenvalue weighted by atomic mass is 10.2. The minimum absolute atomic E-state index is 0.0883. The average Bonchev–Trinajstić information content (AvgIpc) is 3.05. The third-order valence-corrected chi connectivity index (χ3v) is 2.59. The van der Waals surface area contributed by atoms with Gasteiger partial charge in [0.2, 0.25) is 5.91 Å². The lowest BCUT2D eigenvalue weighted by Crippen LogP contribution is -2.10. The lowest BCUT2D eigenvalue weighted by molar-refractivity contribution is -0.116. The van der Waals surface area contributed by atoms with Gasteiger partial charge >= 0.3 is 0 Å². The number of amides is 1. The van der Waals surface area contributed by atoms with Gasteiger partial charge in [-0.1, -0.05) is 6.92 Å². The van der Waals surface area contributed by atoms with Gasteiger partial charge < -0.3 is 10.6 Å². The first kappa shape index (κ1) is 11.0. The summed E-state index contributed by atoms with van der Waals surface area (Å²) in [4.78, 5) is 11.4. The second-order valence-electron chi connectivity index (χ2n) is 4.29. The summed E-state index contributed by atoms with van der Waals surface area (Å²) in [5, 5.41) is 6.28. The van der Waals surface area contributed by atoms with Crippen LogP contribution in [-0.4, -0.2) is 11.9 Å². The second kappa shape index (κ2) is 5.01. The van der Waals surface area contributed by atoms with Crippen molar-refractivity contribution in [2.24, 2.45) is 0 Å². The van der Waals surface area contributed by atoms with E-state index in [9.17, 15) is 4.79 Å². The summed E-state index contributed by atoms with van der Waals surface area (Å²) in [7, 11) is 0. The fourth-order valence-corrected chi connectivity index (χ4v) is 1.56. The predicted octanol–water partition coefficient (Wildman–Crippen LogP) is 3.00. The van der Waals surface area contributed by atoms with Gasteiger partial charge in [0.05, 0.1) is 0 Å². The first-order chi connectivity index (χ1) is 7.78. The first-order valence-corrected chi connectivity index (χ1v) is 5.94. The molecule has 16 heavy (non-hydrogen) atoms. The van der Waals surface area contributed by atoms with Gasteiger partial charge in [-0.2, -0.15) is 0 Å². The normalized spacial score (nSPS) is 14.6. The number of anilines is 2. The molecule has 3 heteroatoms. The van der Waals surface area contributed by atoms with Crippen LogP contribution >= 0.6 is 0 Å². The molecule has 86 valence electrons. The largest absolute Gasteiger partial charge is 0.382 e. The standard InChI is InChI=1S/C13H18N2O/c1-2-3-13(16)15-12-8-6-11(7-9-12)14-10-4-5-10/h6-10,14H,2-5H2,1H3,(H,15,16). The van der Waals surface area contributed by atoms with Crippen molar-refractivity contribution in [2.75, 3.05) is 10.6 Å². The zero-order valence-electron chi connectivity index (χ0n) is 9.62. The van der Waals surface area contributed by atoms with E-state index in [2.05, 4.69) is 10.6 Å². The molecule has 2 rings (SSSR count). The molecular formula is C13H18N2O. The third-order valence-electron chi connectivity index (χ3n) is 2.59. The second-order valence-corrected chi connectivity index (χ2v) is 4.29. The molecule has 0 unspecified atom stereocenters. The van der Waals surface area contributed by atoms with Gasteiger partial charge in [-0.05, 0) is 43.5 Å². The van der Waals surface area contributed by atoms with Gasteiger partial charge in [-0.3, -0.25) is 4.79 Å². The van der Waals surface area contributed by atoms with E-state index in [1.54, 1.807) is 0 Å². The van der Waals surface area contributed by atoms with Crippen LogP contribution in [0.3, 0.4) is 0 Å². The maximum atomic E-state index is 11.4. The SMILES string of the molecule is CCCC(=O)Nc1ccc(NC2CC2)cc1. The molecule has 2 N–H and O–H groups in total. The van der Waals surface area contributed by atoms with Crippen molar-refractivity contribution in [1.29, 1.82) is 0 Å². The van der Waals surface area contributed by atoms with E-state index in [1.807, 2.05) is 31.2 Å². The Kier molecular flexibility index (Phi) is 3.44. The number of nitrogens with one attached hydrogen (secondary N) is 2. The fourth-order valence-electron chi connectivity index (χ4n) is 1.56. The summed E-state index contributed by atoms with van der Waals surface area (Å²) >= 11 is 0. The number of benzene rings is 1. The summed E-state index contributed by atoms with van der Waals surface area (Å²) in [5.74, 6) is 0.0883. The Morgan fingerprint density at radius 3 is 2.44 bits per heavy atom. The number of carbonyl (C=O) groups is 1. The predicted molar refractivity (Wildman–Crippen MR) is 66.6 cm³/mol. The average molecular weight is 218 g/mol. The lowest BCUT2D eigenvalue weighted by Gasteiger charge is -2.07. The van der Waals surface area contributed by atoms with Crippen LogP contribution in [0.2, 0.25) is 0 Å². The van der Waals surface area contributed by atoms with Crippen LogP contribution in [0.5, 0.6) is 0 Å². The molecule has 0 aliphatic heterocycles. The first-order valence-electron chi connectivity index (χ1n) is 5.94. The number of rotatable bonds is 5. The highest BCUT2D eigenvalue weighted by Gasteiger charge is 2.20. The van der Waals surface area contributed by atoms with Crippen molar-refractivity contribution in [3.8, 4) is 0 Å². The summed E-state index contributed by atoms with van der Waals surface area (Å²) in [6.07, 6.45) is 4.01. The van der Waals surface area contributed by atoms with Crippen molar-refractivity contribution in [3.63, 3.8) is 0 Å². The Labute approximate surface area is 96.2 Å². The highest BCUT2D eigenvalue weighted by molar-refractivity contribution is 5.90. The molecule has 1 saturated carbocycles. The van der Waals surface area contributed by atoms with Gasteiger partial charge in [0.15, 0.2) is 0 Å². The van der Waals surface area contributed by atoms with E-state index in [4.69, 9.17) is 0 Å². The zero-order valence-corrected chi connectivity index (χ0v) is 9.62. The monoisotopic (exact) mass is 218 g/mol. The van der Waals surface area contributed by atoms with Crippen LogP contribution in [0, 0.1) is 0 Å². The van der Waals surface area contributed by atoms with Gasteiger partial charge in [-0.15, -0.1) is 0 Å². The molecule has 1 amide bonds. The fraction of sp³-hybridized carbons (Fsp3) is 0.462. The summed E-state index contributed by atoms with van der Waals surface area (Å²) in [6, 6.07) is 8.58. The topological polar surface area (TPSA) is 41.1 Å². The molecule has 0 atom stereocenters. The minimum atomic E-state index is 0.0883. The molecular weight excluding hydrogens is 200 g/mol. The molecule has 0 bridgehead atoms. The highest BCUT2D eigenvalue weighted by Crippen LogP contribution is 2.25. The Bertz CT molecular complexity index is 355. The molecule has 1 aromatic carbocycles. The van der Waals surface area contributed by atoms with Gasteiger partial charge in [0, 0.05) is 23.8 Å². The Hall–Kier alpha value is -1.51. The van der Waals surface area contributed by atoms with E-state index < -0.39 is 0 Å². The highest BCUT2D eigenvalue weighted by atomic mass is 16.1. The van der Waals surface area contributed by atoms with Gasteiger partial charge in [0.1, 0.15) is 0 Å². The summed E-state index contributed by atoms with van der Waals surface area (Å²) in [5.41, 5.74) is 2.01. The summed E-state index contributed by atoms with van der Waals surface area (Å²) in [6.45, 7) is 2.00. The molecule has 0 spiro atoms. The molecule has 1 fully saturated rings. The van der Waals surface area contributed by atoms with Crippen LogP contribution in [0.15, 0.2) is 24.3 Å². The van der Waals surface area contributed by atoms with Crippen molar-refractivity contribution in [1.82, 2.24) is 0 Å². The number of hydrogen-bond acceptors (Lipinski definition) is 2. The van der Waals surface area contributed by atoms with E-state index in [1.165, 1.54) is 12.8 Å². The van der Waals surface area contributed by atoms with Crippen molar-refractivity contribution >= 4 is 17.3 Å².